The Labute approximate surface area is 250 Å². The number of fused-ring (bicyclic) bond motifs is 1. The molecule has 0 aliphatic rings. The number of aromatic nitrogens is 3. The van der Waals surface area contributed by atoms with Gasteiger partial charge in [0, 0.05) is 40.8 Å². The van der Waals surface area contributed by atoms with E-state index in [4.69, 9.17) is 9.79 Å². The van der Waals surface area contributed by atoms with Crippen LogP contribution in [0.15, 0.2) is 46.8 Å². The number of aromatic carboxylic acids is 1. The van der Waals surface area contributed by atoms with Crippen molar-refractivity contribution in [3.8, 4) is 21.7 Å². The summed E-state index contributed by atoms with van der Waals surface area (Å²) in [4.78, 5) is 63.6. The van der Waals surface area contributed by atoms with Crippen LogP contribution in [0.2, 0.25) is 0 Å². The number of phosphoric ester groups is 1. The quantitative estimate of drug-likeness (QED) is 0.144. The van der Waals surface area contributed by atoms with E-state index in [0.717, 1.165) is 11.6 Å². The first kappa shape index (κ1) is 32.8. The van der Waals surface area contributed by atoms with Crippen LogP contribution in [0.25, 0.3) is 32.6 Å². The Bertz CT molecular complexity index is 1840. The molecule has 4 rings (SSSR count). The van der Waals surface area contributed by atoms with Gasteiger partial charge < -0.3 is 24.8 Å². The number of alkyl halides is 3. The van der Waals surface area contributed by atoms with Gasteiger partial charge >= 0.3 is 26.0 Å². The molecule has 0 aliphatic carbocycles. The van der Waals surface area contributed by atoms with E-state index in [-0.39, 0.29) is 44.8 Å². The standard InChI is InChI=1S/C26H25F3N5O8PS/c1-3-14(11-42-43(39,40)41)34-10-18(24(36)37)22(35)16-7-13(5-6-19(16)34)17-9-31-21(33-25(38)30-4-2)8-15(17)23-32-20(12-44-23)26(27,28)29/h5-10,12,14H,3-4,11H2,1-2H3,(H,36,37)(H2,39,40,41)(H2,30,31,33,38)/t14-/m1/s1. The minimum atomic E-state index is -4.87. The molecule has 0 saturated carbocycles. The zero-order chi connectivity index (χ0) is 32.4. The van der Waals surface area contributed by atoms with Crippen LogP contribution in [0.4, 0.5) is 23.8 Å². The van der Waals surface area contributed by atoms with Crippen molar-refractivity contribution < 1.29 is 46.7 Å². The molecule has 1 atom stereocenters. The van der Waals surface area contributed by atoms with Gasteiger partial charge in [0.25, 0.3) is 0 Å². The van der Waals surface area contributed by atoms with Crippen molar-refractivity contribution in [3.63, 3.8) is 0 Å². The summed E-state index contributed by atoms with van der Waals surface area (Å²) >= 11 is 0.698. The van der Waals surface area contributed by atoms with E-state index in [0.29, 0.717) is 17.9 Å². The molecule has 13 nitrogen and oxygen atoms in total. The second-order valence-corrected chi connectivity index (χ2v) is 11.4. The topological polar surface area (TPSA) is 193 Å². The number of thiazole rings is 1. The summed E-state index contributed by atoms with van der Waals surface area (Å²) in [5.41, 5.74) is -1.79. The molecule has 0 aliphatic heterocycles. The monoisotopic (exact) mass is 655 g/mol. The van der Waals surface area contributed by atoms with Crippen molar-refractivity contribution in [2.75, 3.05) is 18.5 Å². The second kappa shape index (κ2) is 12.8. The van der Waals surface area contributed by atoms with Gasteiger partial charge in [-0.3, -0.25) is 14.6 Å². The van der Waals surface area contributed by atoms with Gasteiger partial charge in [-0.25, -0.2) is 24.1 Å². The number of urea groups is 1. The van der Waals surface area contributed by atoms with E-state index in [2.05, 4.69) is 25.1 Å². The molecule has 0 saturated heterocycles. The van der Waals surface area contributed by atoms with Gasteiger partial charge in [-0.1, -0.05) is 13.0 Å². The molecular weight excluding hydrogens is 630 g/mol. The molecule has 4 aromatic rings. The molecule has 0 fully saturated rings. The van der Waals surface area contributed by atoms with Crippen LogP contribution in [0, 0.1) is 0 Å². The lowest BCUT2D eigenvalue weighted by molar-refractivity contribution is -0.140. The van der Waals surface area contributed by atoms with Crippen molar-refractivity contribution >= 4 is 47.9 Å². The van der Waals surface area contributed by atoms with Gasteiger partial charge in [0.2, 0.25) is 5.43 Å². The number of pyridine rings is 2. The van der Waals surface area contributed by atoms with E-state index in [9.17, 15) is 37.2 Å². The molecule has 3 heterocycles. The highest BCUT2D eigenvalue weighted by Crippen LogP contribution is 2.40. The Morgan fingerprint density at radius 1 is 1.18 bits per heavy atom. The fourth-order valence-corrected chi connectivity index (χ4v) is 5.56. The predicted molar refractivity (Wildman–Crippen MR) is 155 cm³/mol. The van der Waals surface area contributed by atoms with Crippen LogP contribution in [-0.2, 0) is 15.3 Å². The SMILES string of the molecule is CCNC(=O)Nc1cc(-c2nc(C(F)(F)F)cs2)c(-c2ccc3c(c2)c(=O)c(C(=O)O)cn3[C@H](CC)COP(=O)(O)O)cn1. The number of carbonyl (C=O) groups is 2. The Hall–Kier alpha value is -4.15. The van der Waals surface area contributed by atoms with Crippen LogP contribution in [0.3, 0.4) is 0 Å². The van der Waals surface area contributed by atoms with Gasteiger partial charge in [-0.2, -0.15) is 13.2 Å². The summed E-state index contributed by atoms with van der Waals surface area (Å²) in [7, 11) is -4.87. The first-order valence-electron chi connectivity index (χ1n) is 12.8. The number of amides is 2. The summed E-state index contributed by atoms with van der Waals surface area (Å²) in [6.07, 6.45) is -2.15. The van der Waals surface area contributed by atoms with Gasteiger partial charge in [-0.15, -0.1) is 11.3 Å². The number of nitrogens with one attached hydrogen (secondary N) is 2. The number of hydrogen-bond acceptors (Lipinski definition) is 8. The minimum Gasteiger partial charge on any atom is -0.477 e. The predicted octanol–water partition coefficient (Wildman–Crippen LogP) is 5.11. The highest BCUT2D eigenvalue weighted by molar-refractivity contribution is 7.46. The Balaban J connectivity index is 1.92. The third-order valence-electron chi connectivity index (χ3n) is 6.38. The molecule has 0 bridgehead atoms. The summed E-state index contributed by atoms with van der Waals surface area (Å²) in [6.45, 7) is 3.16. The highest BCUT2D eigenvalue weighted by atomic mass is 32.1. The van der Waals surface area contributed by atoms with Crippen molar-refractivity contribution in [3.05, 3.63) is 63.5 Å². The zero-order valence-corrected chi connectivity index (χ0v) is 24.7. The fraction of sp³-hybridized carbons (Fsp3) is 0.269. The molecular formula is C26H25F3N5O8PS. The molecule has 0 radical (unpaired) electrons. The Morgan fingerprint density at radius 2 is 1.91 bits per heavy atom. The van der Waals surface area contributed by atoms with Crippen LogP contribution in [0.1, 0.15) is 42.4 Å². The van der Waals surface area contributed by atoms with E-state index in [1.807, 2.05) is 0 Å². The highest BCUT2D eigenvalue weighted by Gasteiger charge is 2.34. The number of nitrogens with zero attached hydrogens (tertiary/aromatic N) is 3. The lowest BCUT2D eigenvalue weighted by Gasteiger charge is -2.22. The second-order valence-electron chi connectivity index (χ2n) is 9.30. The van der Waals surface area contributed by atoms with E-state index >= 15 is 0 Å². The van der Waals surface area contributed by atoms with Crippen molar-refractivity contribution in [2.45, 2.75) is 32.5 Å². The zero-order valence-electron chi connectivity index (χ0n) is 23.0. The first-order chi connectivity index (χ1) is 20.6. The van der Waals surface area contributed by atoms with Gasteiger partial charge in [0.05, 0.1) is 18.2 Å². The average Bonchev–Trinajstić information content (AvgIpc) is 3.45. The number of anilines is 1. The summed E-state index contributed by atoms with van der Waals surface area (Å²) in [6, 6.07) is 4.26. The minimum absolute atomic E-state index is 0.00519. The smallest absolute Gasteiger partial charge is 0.469 e. The van der Waals surface area contributed by atoms with Crippen LogP contribution in [0.5, 0.6) is 0 Å². The largest absolute Gasteiger partial charge is 0.477 e. The maximum atomic E-state index is 13.4. The van der Waals surface area contributed by atoms with Crippen molar-refractivity contribution in [1.29, 1.82) is 0 Å². The van der Waals surface area contributed by atoms with Gasteiger partial charge in [-0.05, 0) is 37.1 Å². The normalized spacial score (nSPS) is 12.7. The third-order valence-corrected chi connectivity index (χ3v) is 7.74. The molecule has 2 amide bonds. The molecule has 44 heavy (non-hydrogen) atoms. The van der Waals surface area contributed by atoms with Gasteiger partial charge in [0.1, 0.15) is 16.4 Å². The molecule has 0 spiro atoms. The molecule has 3 aromatic heterocycles. The fourth-order valence-electron chi connectivity index (χ4n) is 4.33. The van der Waals surface area contributed by atoms with Crippen LogP contribution in [-0.4, -0.2) is 54.6 Å². The van der Waals surface area contributed by atoms with Crippen molar-refractivity contribution in [2.24, 2.45) is 0 Å². The molecule has 0 unspecified atom stereocenters. The number of carboxylic acid groups (broad SMARTS) is 1. The molecule has 234 valence electrons. The van der Waals surface area contributed by atoms with Crippen LogP contribution < -0.4 is 16.1 Å². The lowest BCUT2D eigenvalue weighted by atomic mass is 9.99. The van der Waals surface area contributed by atoms with Crippen molar-refractivity contribution in [1.82, 2.24) is 19.9 Å². The lowest BCUT2D eigenvalue weighted by Crippen LogP contribution is -2.28. The summed E-state index contributed by atoms with van der Waals surface area (Å²) in [5, 5.41) is 15.4. The number of hydrogen-bond donors (Lipinski definition) is 5. The summed E-state index contributed by atoms with van der Waals surface area (Å²) in [5.74, 6) is -1.54. The molecule has 5 N–H and O–H groups in total. The van der Waals surface area contributed by atoms with Crippen LogP contribution >= 0.6 is 19.2 Å². The molecule has 18 heteroatoms. The van der Waals surface area contributed by atoms with E-state index in [1.165, 1.54) is 35.0 Å². The van der Waals surface area contributed by atoms with Gasteiger partial charge in [0.15, 0.2) is 5.69 Å². The third kappa shape index (κ3) is 7.31. The number of halogens is 3. The maximum Gasteiger partial charge on any atom is 0.469 e. The van der Waals surface area contributed by atoms with E-state index in [1.54, 1.807) is 13.8 Å². The maximum absolute atomic E-state index is 13.4. The Morgan fingerprint density at radius 3 is 2.50 bits per heavy atom. The number of benzene rings is 1. The number of carboxylic acids is 1. The number of rotatable bonds is 10. The van der Waals surface area contributed by atoms with E-state index < -0.39 is 55.3 Å². The Kier molecular flexibility index (Phi) is 9.56. The number of phosphoric acid groups is 1. The molecule has 1 aromatic carbocycles. The average molecular weight is 656 g/mol. The number of carbonyl (C=O) groups excluding carboxylic acids is 1. The summed E-state index contributed by atoms with van der Waals surface area (Å²) < 4.78 is 57.5. The first-order valence-corrected chi connectivity index (χ1v) is 15.2.